The van der Waals surface area contributed by atoms with E-state index in [1.807, 2.05) is 0 Å². The molecule has 0 aromatic heterocycles. The minimum absolute atomic E-state index is 0.125. The van der Waals surface area contributed by atoms with Gasteiger partial charge in [0.05, 0.1) is 39.6 Å². The Balaban J connectivity index is -0.000000126. The van der Waals surface area contributed by atoms with Crippen LogP contribution in [0.1, 0.15) is 59.3 Å². The first-order valence-electron chi connectivity index (χ1n) is 9.36. The first kappa shape index (κ1) is 32.4. The molecule has 0 unspecified atom stereocenters. The van der Waals surface area contributed by atoms with Crippen LogP contribution in [-0.2, 0) is 9.47 Å². The highest BCUT2D eigenvalue weighted by molar-refractivity contribution is 4.34. The highest BCUT2D eigenvalue weighted by atomic mass is 16.5. The van der Waals surface area contributed by atoms with E-state index in [4.69, 9.17) is 35.0 Å². The van der Waals surface area contributed by atoms with Gasteiger partial charge in [0.15, 0.2) is 0 Å². The lowest BCUT2D eigenvalue weighted by Gasteiger charge is -1.99. The summed E-state index contributed by atoms with van der Waals surface area (Å²) in [7, 11) is 0. The third-order valence-corrected chi connectivity index (χ3v) is 2.36. The van der Waals surface area contributed by atoms with Crippen LogP contribution in [0.15, 0.2) is 0 Å². The van der Waals surface area contributed by atoms with E-state index in [0.717, 1.165) is 32.7 Å². The molecule has 0 bridgehead atoms. The summed E-state index contributed by atoms with van der Waals surface area (Å²) < 4.78 is 10.3. The van der Waals surface area contributed by atoms with E-state index in [1.165, 1.54) is 25.7 Å². The number of hydrogen-bond donors (Lipinski definition) is 5. The smallest absolute Gasteiger partial charge is 0.0697 e. The Kier molecular flexibility index (Phi) is 56.8. The molecule has 0 radical (unpaired) electrons. The molecule has 7 nitrogen and oxygen atoms in total. The molecule has 7 heteroatoms. The van der Waals surface area contributed by atoms with Gasteiger partial charge in [-0.15, -0.1) is 0 Å². The van der Waals surface area contributed by atoms with Crippen LogP contribution < -0.4 is 0 Å². The van der Waals surface area contributed by atoms with Crippen molar-refractivity contribution in [3.8, 4) is 0 Å². The molecule has 0 atom stereocenters. The zero-order valence-electron chi connectivity index (χ0n) is 16.7. The number of hydrogen-bond acceptors (Lipinski definition) is 7. The monoisotopic (exact) mass is 372 g/mol. The Hall–Kier alpha value is -0.280. The van der Waals surface area contributed by atoms with Crippen molar-refractivity contribution in [3.05, 3.63) is 0 Å². The average molecular weight is 373 g/mol. The molecule has 5 N–H and O–H groups in total. The van der Waals surface area contributed by atoms with E-state index in [0.29, 0.717) is 6.61 Å². The highest BCUT2D eigenvalue weighted by Crippen LogP contribution is 1.91. The fourth-order valence-electron chi connectivity index (χ4n) is 1.01. The van der Waals surface area contributed by atoms with Crippen LogP contribution in [0.2, 0.25) is 0 Å². The van der Waals surface area contributed by atoms with Crippen molar-refractivity contribution in [1.82, 2.24) is 0 Å². The molecule has 0 saturated heterocycles. The largest absolute Gasteiger partial charge is 0.394 e. The molecule has 0 aromatic carbocycles. The summed E-state index contributed by atoms with van der Waals surface area (Å²) in [4.78, 5) is 0. The normalized spacial score (nSPS) is 9.12. The maximum atomic E-state index is 8.24. The van der Waals surface area contributed by atoms with E-state index in [1.54, 1.807) is 0 Å². The van der Waals surface area contributed by atoms with Gasteiger partial charge in [0.25, 0.3) is 0 Å². The SMILES string of the molecule is CCCCOCCCC.CCCCOCCO.OCCO.OCCO. The summed E-state index contributed by atoms with van der Waals surface area (Å²) in [5.41, 5.74) is 0. The van der Waals surface area contributed by atoms with Gasteiger partial charge in [-0.25, -0.2) is 0 Å². The van der Waals surface area contributed by atoms with Crippen LogP contribution in [0.25, 0.3) is 0 Å². The average Bonchev–Trinajstić information content (AvgIpc) is 2.66. The predicted octanol–water partition coefficient (Wildman–Crippen LogP) is 1.34. The van der Waals surface area contributed by atoms with Gasteiger partial charge in [-0.2, -0.15) is 0 Å². The second kappa shape index (κ2) is 43.8. The number of rotatable bonds is 13. The van der Waals surface area contributed by atoms with E-state index in [2.05, 4.69) is 20.8 Å². The number of aliphatic hydroxyl groups excluding tert-OH is 5. The lowest BCUT2D eigenvalue weighted by Crippen LogP contribution is -1.99. The van der Waals surface area contributed by atoms with Gasteiger partial charge in [0.2, 0.25) is 0 Å². The van der Waals surface area contributed by atoms with Gasteiger partial charge in [-0.05, 0) is 19.3 Å². The Morgan fingerprint density at radius 1 is 0.440 bits per heavy atom. The van der Waals surface area contributed by atoms with Crippen molar-refractivity contribution in [2.45, 2.75) is 59.3 Å². The molecular weight excluding hydrogens is 328 g/mol. The van der Waals surface area contributed by atoms with Crippen LogP contribution >= 0.6 is 0 Å². The van der Waals surface area contributed by atoms with Gasteiger partial charge in [-0.1, -0.05) is 40.0 Å². The summed E-state index contributed by atoms with van der Waals surface area (Å²) in [5, 5.41) is 38.7. The van der Waals surface area contributed by atoms with Crippen molar-refractivity contribution in [2.24, 2.45) is 0 Å². The van der Waals surface area contributed by atoms with Crippen LogP contribution in [0.4, 0.5) is 0 Å². The fourth-order valence-corrected chi connectivity index (χ4v) is 1.01. The number of aliphatic hydroxyl groups is 5. The Labute approximate surface area is 154 Å². The third kappa shape index (κ3) is 69.2. The molecule has 0 aliphatic rings. The zero-order chi connectivity index (χ0) is 20.0. The van der Waals surface area contributed by atoms with Gasteiger partial charge in [-0.3, -0.25) is 0 Å². The third-order valence-electron chi connectivity index (χ3n) is 2.36. The first-order chi connectivity index (χ1) is 12.2. The maximum Gasteiger partial charge on any atom is 0.0697 e. The van der Waals surface area contributed by atoms with Crippen molar-refractivity contribution in [1.29, 1.82) is 0 Å². The lowest BCUT2D eigenvalue weighted by atomic mass is 10.3. The molecule has 0 spiro atoms. The minimum Gasteiger partial charge on any atom is -0.394 e. The summed E-state index contributed by atoms with van der Waals surface area (Å²) >= 11 is 0. The van der Waals surface area contributed by atoms with E-state index >= 15 is 0 Å². The Morgan fingerprint density at radius 3 is 0.920 bits per heavy atom. The molecule has 0 aliphatic carbocycles. The molecule has 0 heterocycles. The lowest BCUT2D eigenvalue weighted by molar-refractivity contribution is 0.0904. The van der Waals surface area contributed by atoms with Gasteiger partial charge >= 0.3 is 0 Å². The molecule has 0 amide bonds. The van der Waals surface area contributed by atoms with Gasteiger partial charge in [0, 0.05) is 19.8 Å². The van der Waals surface area contributed by atoms with Crippen molar-refractivity contribution in [3.63, 3.8) is 0 Å². The fraction of sp³-hybridized carbons (Fsp3) is 1.00. The summed E-state index contributed by atoms with van der Waals surface area (Å²) in [6.07, 6.45) is 7.16. The zero-order valence-corrected chi connectivity index (χ0v) is 16.7. The maximum absolute atomic E-state index is 8.24. The molecule has 0 fully saturated rings. The molecule has 0 aromatic rings. The van der Waals surface area contributed by atoms with Crippen LogP contribution in [0.3, 0.4) is 0 Å². The molecular formula is C18H44O7. The van der Waals surface area contributed by atoms with Crippen LogP contribution in [0, 0.1) is 0 Å². The second-order valence-corrected chi connectivity index (χ2v) is 4.90. The van der Waals surface area contributed by atoms with Crippen molar-refractivity contribution in [2.75, 3.05) is 59.5 Å². The van der Waals surface area contributed by atoms with E-state index < -0.39 is 0 Å². The topological polar surface area (TPSA) is 120 Å². The van der Waals surface area contributed by atoms with Crippen LogP contribution in [0.5, 0.6) is 0 Å². The highest BCUT2D eigenvalue weighted by Gasteiger charge is 1.84. The molecule has 25 heavy (non-hydrogen) atoms. The van der Waals surface area contributed by atoms with E-state index in [9.17, 15) is 0 Å². The first-order valence-corrected chi connectivity index (χ1v) is 9.36. The molecule has 0 rings (SSSR count). The van der Waals surface area contributed by atoms with Crippen molar-refractivity contribution >= 4 is 0 Å². The second-order valence-electron chi connectivity index (χ2n) is 4.90. The quantitative estimate of drug-likeness (QED) is 0.309. The summed E-state index contributed by atoms with van der Waals surface area (Å²) in [6.45, 7) is 9.31. The van der Waals surface area contributed by atoms with Gasteiger partial charge < -0.3 is 35.0 Å². The number of ether oxygens (including phenoxy) is 2. The van der Waals surface area contributed by atoms with Gasteiger partial charge in [0.1, 0.15) is 0 Å². The molecule has 0 saturated carbocycles. The minimum atomic E-state index is -0.125. The molecule has 0 aliphatic heterocycles. The predicted molar refractivity (Wildman–Crippen MR) is 102 cm³/mol. The standard InChI is InChI=1S/C8H18O.C6H14O2.2C2H6O2/c1-3-5-7-9-8-6-4-2;1-2-3-5-8-6-4-7;2*3-1-2-4/h3-8H2,1-2H3;7H,2-6H2,1H3;2*3-4H,1-2H2. The number of unbranched alkanes of at least 4 members (excludes halogenated alkanes) is 3. The van der Waals surface area contributed by atoms with E-state index in [-0.39, 0.29) is 33.0 Å². The molecule has 158 valence electrons. The Morgan fingerprint density at radius 2 is 0.720 bits per heavy atom. The van der Waals surface area contributed by atoms with Crippen molar-refractivity contribution < 1.29 is 35.0 Å². The Bertz CT molecular complexity index is 140. The summed E-state index contributed by atoms with van der Waals surface area (Å²) in [5.74, 6) is 0. The summed E-state index contributed by atoms with van der Waals surface area (Å²) in [6, 6.07) is 0. The van der Waals surface area contributed by atoms with Crippen LogP contribution in [-0.4, -0.2) is 85.0 Å².